The molecule has 0 aliphatic carbocycles. The number of nitrogens with zero attached hydrogens (tertiary/aromatic N) is 1. The maximum atomic E-state index is 4.58. The summed E-state index contributed by atoms with van der Waals surface area (Å²) >= 11 is 1.71. The van der Waals surface area contributed by atoms with Crippen LogP contribution in [-0.4, -0.2) is 4.98 Å². The summed E-state index contributed by atoms with van der Waals surface area (Å²) < 4.78 is 4.58. The summed E-state index contributed by atoms with van der Waals surface area (Å²) in [6.45, 7) is 58.7. The lowest BCUT2D eigenvalue weighted by Crippen LogP contribution is -1.90. The van der Waals surface area contributed by atoms with Crippen LogP contribution in [0.5, 0.6) is 0 Å². The van der Waals surface area contributed by atoms with Gasteiger partial charge in [0.15, 0.2) is 0 Å². The number of benzene rings is 8. The van der Waals surface area contributed by atoms with Gasteiger partial charge in [0.1, 0.15) is 0 Å². The van der Waals surface area contributed by atoms with E-state index in [1.807, 2.05) is 255 Å². The van der Waals surface area contributed by atoms with Gasteiger partial charge in [0.2, 0.25) is 0 Å². The third-order valence-corrected chi connectivity index (χ3v) is 11.1. The van der Waals surface area contributed by atoms with Crippen molar-refractivity contribution in [2.45, 2.75) is 215 Å². The molecule has 0 aliphatic rings. The molecule has 3 aromatic heterocycles. The van der Waals surface area contributed by atoms with Crippen LogP contribution in [0.15, 0.2) is 283 Å². The molecule has 0 spiro atoms. The van der Waals surface area contributed by atoms with Crippen molar-refractivity contribution in [1.29, 1.82) is 0 Å². The summed E-state index contributed by atoms with van der Waals surface area (Å²) in [5.41, 5.74) is 14.4. The van der Waals surface area contributed by atoms with E-state index in [9.17, 15) is 0 Å². The number of fused-ring (bicyclic) bond motifs is 1. The third-order valence-electron chi connectivity index (χ3n) is 10.5. The second-order valence-corrected chi connectivity index (χ2v) is 17.3. The smallest absolute Gasteiger partial charge is 0.0902 e. The van der Waals surface area contributed by atoms with Crippen LogP contribution in [0, 0.1) is 48.5 Å². The molecule has 0 atom stereocenters. The fourth-order valence-electron chi connectivity index (χ4n) is 6.34. The quantitative estimate of drug-likeness (QED) is 0.176. The molecule has 3 heteroatoms. The van der Waals surface area contributed by atoms with Crippen molar-refractivity contribution < 1.29 is 4.42 Å². The van der Waals surface area contributed by atoms with Gasteiger partial charge in [-0.15, -0.1) is 0 Å². The molecular formula is C90H139NOS. The van der Waals surface area contributed by atoms with Gasteiger partial charge in [-0.1, -0.05) is 406 Å². The topological polar surface area (TPSA) is 26.0 Å². The first kappa shape index (κ1) is 104. The predicted octanol–water partition coefficient (Wildman–Crippen LogP) is 31.0. The molecule has 0 N–H and O–H groups in total. The molecule has 0 aliphatic heterocycles. The van der Waals surface area contributed by atoms with Gasteiger partial charge in [-0.3, -0.25) is 4.98 Å². The van der Waals surface area contributed by atoms with Gasteiger partial charge in [0.05, 0.1) is 12.5 Å². The van der Waals surface area contributed by atoms with Gasteiger partial charge in [0.25, 0.3) is 0 Å². The highest BCUT2D eigenvalue weighted by molar-refractivity contribution is 7.07. The van der Waals surface area contributed by atoms with Crippen LogP contribution in [0.4, 0.5) is 0 Å². The Hall–Kier alpha value is -7.85. The largest absolute Gasteiger partial charge is 0.473 e. The summed E-state index contributed by atoms with van der Waals surface area (Å²) in [6.07, 6.45) is 6.07. The van der Waals surface area contributed by atoms with E-state index < -0.39 is 0 Å². The number of rotatable bonds is 3. The Morgan fingerprint density at radius 2 is 0.591 bits per heavy atom. The van der Waals surface area contributed by atoms with Crippen molar-refractivity contribution >= 4 is 22.1 Å². The van der Waals surface area contributed by atoms with Crippen molar-refractivity contribution in [3.05, 3.63) is 328 Å². The van der Waals surface area contributed by atoms with Crippen LogP contribution < -0.4 is 0 Å². The van der Waals surface area contributed by atoms with Gasteiger partial charge in [0, 0.05) is 11.9 Å². The summed E-state index contributed by atoms with van der Waals surface area (Å²) in [6, 6.07) is 85.3. The first-order chi connectivity index (χ1) is 45.2. The van der Waals surface area contributed by atoms with Crippen molar-refractivity contribution in [2.75, 3.05) is 0 Å². The van der Waals surface area contributed by atoms with Gasteiger partial charge in [-0.05, 0) is 134 Å². The molecule has 2 nitrogen and oxygen atoms in total. The van der Waals surface area contributed by atoms with Crippen molar-refractivity contribution in [1.82, 2.24) is 4.98 Å². The third kappa shape index (κ3) is 65.4. The molecule has 0 fully saturated rings. The van der Waals surface area contributed by atoms with E-state index >= 15 is 0 Å². The molecular weight excluding hydrogens is 1140 g/mol. The lowest BCUT2D eigenvalue weighted by molar-refractivity contribution is 0.567. The van der Waals surface area contributed by atoms with Gasteiger partial charge in [-0.2, -0.15) is 11.3 Å². The van der Waals surface area contributed by atoms with Crippen molar-refractivity contribution in [2.24, 2.45) is 0 Å². The molecule has 11 rings (SSSR count). The van der Waals surface area contributed by atoms with Crippen LogP contribution in [0.1, 0.15) is 210 Å². The highest BCUT2D eigenvalue weighted by atomic mass is 32.1. The zero-order valence-corrected chi connectivity index (χ0v) is 64.8. The zero-order chi connectivity index (χ0) is 71.9. The van der Waals surface area contributed by atoms with Crippen molar-refractivity contribution in [3.8, 4) is 11.1 Å². The van der Waals surface area contributed by atoms with E-state index in [1.165, 1.54) is 66.4 Å². The first-order valence-electron chi connectivity index (χ1n) is 34.7. The van der Waals surface area contributed by atoms with Crippen LogP contribution >= 0.6 is 11.3 Å². The van der Waals surface area contributed by atoms with Crippen LogP contribution in [0.2, 0.25) is 0 Å². The molecule has 8 aromatic carbocycles. The van der Waals surface area contributed by atoms with E-state index in [4.69, 9.17) is 0 Å². The Balaban J connectivity index is -0.000000121. The SMILES string of the molecule is C.CC.CC.CC.CC.CC.CC.CC.CC.CC.CC.CC.Cc1ccc(-c2ccccc2)cc1.Cc1ccc(Cc2ccc(C)c(C)c2)cc1.Cc1ccccc1.Cc1ccccc1.Cc1ccccn1.c1ccc2ccccc2c1.c1ccoc1.c1ccsc1. The van der Waals surface area contributed by atoms with E-state index in [1.54, 1.807) is 30.1 Å². The highest BCUT2D eigenvalue weighted by Gasteiger charge is 1.99. The molecule has 93 heavy (non-hydrogen) atoms. The van der Waals surface area contributed by atoms with E-state index in [0.29, 0.717) is 0 Å². The summed E-state index contributed by atoms with van der Waals surface area (Å²) in [7, 11) is 0. The Kier molecular flexibility index (Phi) is 98.8. The van der Waals surface area contributed by atoms with E-state index in [0.717, 1.165) is 12.1 Å². The summed E-state index contributed by atoms with van der Waals surface area (Å²) in [4.78, 5) is 3.98. The predicted molar refractivity (Wildman–Crippen MR) is 436 cm³/mol. The molecule has 0 bridgehead atoms. The second-order valence-electron chi connectivity index (χ2n) is 16.5. The minimum atomic E-state index is 0. The average molecular weight is 1280 g/mol. The monoisotopic (exact) mass is 1280 g/mol. The minimum absolute atomic E-state index is 0. The molecule has 0 saturated heterocycles. The fourth-order valence-corrected chi connectivity index (χ4v) is 6.79. The molecule has 516 valence electrons. The first-order valence-corrected chi connectivity index (χ1v) is 35.6. The Bertz CT molecular complexity index is 2700. The summed E-state index contributed by atoms with van der Waals surface area (Å²) in [5.74, 6) is 0. The number of pyridine rings is 1. The maximum Gasteiger partial charge on any atom is 0.0902 e. The second kappa shape index (κ2) is 88.3. The molecule has 3 heterocycles. The molecule has 11 aromatic rings. The van der Waals surface area contributed by atoms with Crippen LogP contribution in [-0.2, 0) is 6.42 Å². The molecule has 0 radical (unpaired) electrons. The number of aryl methyl sites for hydroxylation is 7. The van der Waals surface area contributed by atoms with Crippen LogP contribution in [0.25, 0.3) is 21.9 Å². The number of hydrogen-bond acceptors (Lipinski definition) is 3. The van der Waals surface area contributed by atoms with E-state index in [-0.39, 0.29) is 7.43 Å². The normalized spacial score (nSPS) is 7.80. The molecule has 0 amide bonds. The maximum absolute atomic E-state index is 4.58. The Labute approximate surface area is 582 Å². The standard InChI is InChI=1S/C16H18.C13H12.C10H8.2C7H8.C6H7N.C4H4O.C4H4S.11C2H6.CH4/c1-12-4-7-15(8-5-12)11-16-9-6-13(2)14(3)10-16;1-11-7-9-13(10-8-11)12-5-3-2-4-6-12;1-2-6-10-8-4-3-7-9(10)5-1;2*1-7-5-3-2-4-6-7;1-6-4-2-3-5-7-6;2*1-2-4-5-3-1;11*1-2;/h4-10H,11H2,1-3H3;2-10H,1H3;1-8H;2*2-6H,1H3;2-5H,1H3;2*1-4H;11*1-2H3;1H4. The lowest BCUT2D eigenvalue weighted by atomic mass is 10.00. The van der Waals surface area contributed by atoms with Gasteiger partial charge in [-0.25, -0.2) is 0 Å². The lowest BCUT2D eigenvalue weighted by Gasteiger charge is -2.06. The number of aromatic nitrogens is 1. The van der Waals surface area contributed by atoms with E-state index in [2.05, 4.69) is 215 Å². The van der Waals surface area contributed by atoms with Gasteiger partial charge >= 0.3 is 0 Å². The number of hydrogen-bond donors (Lipinski definition) is 0. The van der Waals surface area contributed by atoms with Gasteiger partial charge < -0.3 is 4.42 Å². The zero-order valence-electron chi connectivity index (χ0n) is 64.0. The van der Waals surface area contributed by atoms with Crippen LogP contribution in [0.3, 0.4) is 0 Å². The minimum Gasteiger partial charge on any atom is -0.473 e. The molecule has 0 unspecified atom stereocenters. The number of thiophene rings is 1. The Morgan fingerprint density at radius 3 is 0.860 bits per heavy atom. The fraction of sp³-hybridized carbons (Fsp3) is 0.344. The molecule has 0 saturated carbocycles. The number of furan rings is 1. The highest BCUT2D eigenvalue weighted by Crippen LogP contribution is 2.19. The Morgan fingerprint density at radius 1 is 0.280 bits per heavy atom. The van der Waals surface area contributed by atoms with Crippen molar-refractivity contribution in [3.63, 3.8) is 0 Å². The summed E-state index contributed by atoms with van der Waals surface area (Å²) in [5, 5.41) is 6.70. The average Bonchev–Trinajstić information content (AvgIpc) is 4.01.